The van der Waals surface area contributed by atoms with Crippen molar-refractivity contribution in [1.82, 2.24) is 10.6 Å². The van der Waals surface area contributed by atoms with Crippen LogP contribution in [-0.2, 0) is 14.4 Å². The van der Waals surface area contributed by atoms with Gasteiger partial charge in [-0.25, -0.2) is 9.59 Å². The summed E-state index contributed by atoms with van der Waals surface area (Å²) in [5, 5.41) is 13.6. The lowest BCUT2D eigenvalue weighted by molar-refractivity contribution is -0.142. The molecule has 0 radical (unpaired) electrons. The number of hydrogen-bond acceptors (Lipinski definition) is 4. The maximum atomic E-state index is 12.1. The van der Waals surface area contributed by atoms with Gasteiger partial charge in [0.2, 0.25) is 11.8 Å². The Balaban J connectivity index is 4.85. The first-order valence-electron chi connectivity index (χ1n) is 6.56. The highest BCUT2D eigenvalue weighted by Gasteiger charge is 2.29. The standard InChI is InChI=1S/C12H22N4O5/c1-3-6(2)9(16-12(14)21)10(18)15-7(11(19)20)4-5-8(13)17/h6-7,9H,3-5H2,1-2H3,(H2,13,17)(H,15,18)(H,19,20)(H3,14,16,21). The Kier molecular flexibility index (Phi) is 7.80. The molecule has 0 bridgehead atoms. The van der Waals surface area contributed by atoms with E-state index in [4.69, 9.17) is 16.6 Å². The zero-order valence-electron chi connectivity index (χ0n) is 12.1. The summed E-state index contributed by atoms with van der Waals surface area (Å²) >= 11 is 0. The highest BCUT2D eigenvalue weighted by Crippen LogP contribution is 2.09. The largest absolute Gasteiger partial charge is 0.480 e. The summed E-state index contributed by atoms with van der Waals surface area (Å²) in [5.41, 5.74) is 9.95. The summed E-state index contributed by atoms with van der Waals surface area (Å²) in [6.45, 7) is 3.54. The molecule has 0 rings (SSSR count). The van der Waals surface area contributed by atoms with Gasteiger partial charge in [-0.2, -0.15) is 0 Å². The first-order chi connectivity index (χ1) is 9.68. The van der Waals surface area contributed by atoms with Crippen LogP contribution in [0.3, 0.4) is 0 Å². The first kappa shape index (κ1) is 18.7. The quantitative estimate of drug-likeness (QED) is 0.364. The van der Waals surface area contributed by atoms with Crippen molar-refractivity contribution < 1.29 is 24.3 Å². The SMILES string of the molecule is CCC(C)C(NC(N)=O)C(=O)NC(CCC(N)=O)C(=O)O. The molecule has 3 unspecified atom stereocenters. The van der Waals surface area contributed by atoms with Gasteiger partial charge in [0.05, 0.1) is 0 Å². The average Bonchev–Trinajstić information content (AvgIpc) is 2.38. The second kappa shape index (κ2) is 8.77. The van der Waals surface area contributed by atoms with Crippen LogP contribution in [0.15, 0.2) is 0 Å². The highest BCUT2D eigenvalue weighted by molar-refractivity contribution is 5.90. The van der Waals surface area contributed by atoms with Crippen LogP contribution in [-0.4, -0.2) is 41.0 Å². The third-order valence-corrected chi connectivity index (χ3v) is 3.09. The lowest BCUT2D eigenvalue weighted by Gasteiger charge is -2.24. The fourth-order valence-corrected chi connectivity index (χ4v) is 1.66. The molecule has 0 heterocycles. The molecule has 0 saturated carbocycles. The summed E-state index contributed by atoms with van der Waals surface area (Å²) in [6.07, 6.45) is 0.284. The van der Waals surface area contributed by atoms with E-state index in [9.17, 15) is 19.2 Å². The van der Waals surface area contributed by atoms with Gasteiger partial charge in [0.1, 0.15) is 12.1 Å². The van der Waals surface area contributed by atoms with Gasteiger partial charge in [-0.3, -0.25) is 9.59 Å². The van der Waals surface area contributed by atoms with E-state index >= 15 is 0 Å². The first-order valence-corrected chi connectivity index (χ1v) is 6.56. The van der Waals surface area contributed by atoms with Gasteiger partial charge in [-0.05, 0) is 12.3 Å². The molecule has 0 fully saturated rings. The van der Waals surface area contributed by atoms with Crippen LogP contribution >= 0.6 is 0 Å². The Morgan fingerprint density at radius 3 is 2.10 bits per heavy atom. The monoisotopic (exact) mass is 302 g/mol. The van der Waals surface area contributed by atoms with Crippen molar-refractivity contribution in [2.24, 2.45) is 17.4 Å². The predicted octanol–water partition coefficient (Wildman–Crippen LogP) is -1.10. The molecule has 0 aliphatic rings. The van der Waals surface area contributed by atoms with Gasteiger partial charge in [0.15, 0.2) is 0 Å². The van der Waals surface area contributed by atoms with E-state index in [2.05, 4.69) is 10.6 Å². The van der Waals surface area contributed by atoms with Crippen LogP contribution < -0.4 is 22.1 Å². The maximum Gasteiger partial charge on any atom is 0.326 e. The zero-order valence-corrected chi connectivity index (χ0v) is 12.1. The van der Waals surface area contributed by atoms with Crippen molar-refractivity contribution in [2.75, 3.05) is 0 Å². The van der Waals surface area contributed by atoms with Gasteiger partial charge >= 0.3 is 12.0 Å². The van der Waals surface area contributed by atoms with Crippen molar-refractivity contribution in [2.45, 2.75) is 45.2 Å². The smallest absolute Gasteiger partial charge is 0.326 e. The van der Waals surface area contributed by atoms with E-state index in [1.54, 1.807) is 6.92 Å². The topological polar surface area (TPSA) is 165 Å². The summed E-state index contributed by atoms with van der Waals surface area (Å²) in [7, 11) is 0. The number of carbonyl (C=O) groups is 4. The normalized spacial score (nSPS) is 14.6. The van der Waals surface area contributed by atoms with Crippen LogP contribution in [0, 0.1) is 5.92 Å². The van der Waals surface area contributed by atoms with E-state index < -0.39 is 35.9 Å². The average molecular weight is 302 g/mol. The van der Waals surface area contributed by atoms with Gasteiger partial charge in [0, 0.05) is 6.42 Å². The molecule has 0 aromatic carbocycles. The molecular formula is C12H22N4O5. The van der Waals surface area contributed by atoms with Crippen LogP contribution in [0.25, 0.3) is 0 Å². The molecule has 21 heavy (non-hydrogen) atoms. The number of urea groups is 1. The summed E-state index contributed by atoms with van der Waals surface area (Å²) in [6, 6.07) is -3.08. The Morgan fingerprint density at radius 2 is 1.71 bits per heavy atom. The second-order valence-electron chi connectivity index (χ2n) is 4.78. The van der Waals surface area contributed by atoms with E-state index in [-0.39, 0.29) is 18.8 Å². The molecule has 0 saturated heterocycles. The number of rotatable bonds is 9. The zero-order chi connectivity index (χ0) is 16.6. The molecule has 0 aromatic rings. The van der Waals surface area contributed by atoms with Gasteiger partial charge in [-0.15, -0.1) is 0 Å². The van der Waals surface area contributed by atoms with Crippen molar-refractivity contribution in [3.8, 4) is 0 Å². The van der Waals surface area contributed by atoms with Gasteiger partial charge in [-0.1, -0.05) is 20.3 Å². The van der Waals surface area contributed by atoms with Crippen LogP contribution in [0.1, 0.15) is 33.1 Å². The van der Waals surface area contributed by atoms with E-state index in [1.807, 2.05) is 6.92 Å². The van der Waals surface area contributed by atoms with Crippen molar-refractivity contribution >= 4 is 23.8 Å². The number of carboxylic acids is 1. The van der Waals surface area contributed by atoms with Crippen LogP contribution in [0.2, 0.25) is 0 Å². The number of amides is 4. The fourth-order valence-electron chi connectivity index (χ4n) is 1.66. The van der Waals surface area contributed by atoms with Crippen molar-refractivity contribution in [3.05, 3.63) is 0 Å². The van der Waals surface area contributed by atoms with Crippen LogP contribution in [0.5, 0.6) is 0 Å². The summed E-state index contributed by atoms with van der Waals surface area (Å²) in [4.78, 5) is 44.7. The predicted molar refractivity (Wildman–Crippen MR) is 74.0 cm³/mol. The molecule has 0 aliphatic heterocycles. The molecule has 120 valence electrons. The minimum atomic E-state index is -1.29. The molecule has 4 amide bonds. The lowest BCUT2D eigenvalue weighted by atomic mass is 9.98. The molecule has 9 nitrogen and oxygen atoms in total. The maximum absolute atomic E-state index is 12.1. The molecule has 0 aromatic heterocycles. The third-order valence-electron chi connectivity index (χ3n) is 3.09. The molecular weight excluding hydrogens is 280 g/mol. The Bertz CT molecular complexity index is 412. The van der Waals surface area contributed by atoms with Crippen LogP contribution in [0.4, 0.5) is 4.79 Å². The number of carboxylic acid groups (broad SMARTS) is 1. The van der Waals surface area contributed by atoms with E-state index in [1.165, 1.54) is 0 Å². The minimum absolute atomic E-state index is 0.125. The Hall–Kier alpha value is -2.32. The highest BCUT2D eigenvalue weighted by atomic mass is 16.4. The fraction of sp³-hybridized carbons (Fsp3) is 0.667. The van der Waals surface area contributed by atoms with E-state index in [0.717, 1.165) is 0 Å². The number of hydrogen-bond donors (Lipinski definition) is 5. The number of nitrogens with two attached hydrogens (primary N) is 2. The second-order valence-corrected chi connectivity index (χ2v) is 4.78. The van der Waals surface area contributed by atoms with Gasteiger partial charge in [0.25, 0.3) is 0 Å². The molecule has 0 aliphatic carbocycles. The van der Waals surface area contributed by atoms with Crippen molar-refractivity contribution in [1.29, 1.82) is 0 Å². The van der Waals surface area contributed by atoms with Gasteiger partial charge < -0.3 is 27.2 Å². The molecule has 9 heteroatoms. The number of primary amides is 2. The number of aliphatic carboxylic acids is 1. The molecule has 0 spiro atoms. The Labute approximate surface area is 122 Å². The summed E-state index contributed by atoms with van der Waals surface area (Å²) in [5.74, 6) is -2.85. The van der Waals surface area contributed by atoms with Crippen molar-refractivity contribution in [3.63, 3.8) is 0 Å². The number of nitrogens with one attached hydrogen (secondary N) is 2. The third kappa shape index (κ3) is 7.14. The Morgan fingerprint density at radius 1 is 1.14 bits per heavy atom. The number of carbonyl (C=O) groups excluding carboxylic acids is 3. The van der Waals surface area contributed by atoms with E-state index in [0.29, 0.717) is 6.42 Å². The summed E-state index contributed by atoms with van der Waals surface area (Å²) < 4.78 is 0. The lowest BCUT2D eigenvalue weighted by Crippen LogP contribution is -2.55. The molecule has 3 atom stereocenters. The minimum Gasteiger partial charge on any atom is -0.480 e. The molecule has 7 N–H and O–H groups in total.